The van der Waals surface area contributed by atoms with Crippen molar-refractivity contribution in [2.24, 2.45) is 0 Å². The van der Waals surface area contributed by atoms with Gasteiger partial charge in [0.2, 0.25) is 0 Å². The van der Waals surface area contributed by atoms with Crippen LogP contribution in [-0.2, 0) is 0 Å². The van der Waals surface area contributed by atoms with Gasteiger partial charge in [0, 0.05) is 17.8 Å². The van der Waals surface area contributed by atoms with Crippen molar-refractivity contribution in [3.8, 4) is 0 Å². The van der Waals surface area contributed by atoms with Gasteiger partial charge in [0.25, 0.3) is 0 Å². The van der Waals surface area contributed by atoms with Crippen LogP contribution >= 0.6 is 0 Å². The fraction of sp³-hybridized carbons (Fsp3) is 0.500. The summed E-state index contributed by atoms with van der Waals surface area (Å²) in [4.78, 5) is 1.21. The first-order valence-corrected chi connectivity index (χ1v) is 5.44. The topological polar surface area (TPSA) is 23.5 Å². The molecule has 1 atom stereocenters. The smallest absolute Gasteiger partial charge is 0.389 e. The molecule has 2 nitrogen and oxygen atoms in total. The van der Waals surface area contributed by atoms with Crippen molar-refractivity contribution >= 4 is 5.69 Å². The Kier molecular flexibility index (Phi) is 4.40. The molecule has 1 N–H and O–H groups in total. The van der Waals surface area contributed by atoms with Gasteiger partial charge in [0.1, 0.15) is 6.54 Å². The molecule has 0 radical (unpaired) electrons. The summed E-state index contributed by atoms with van der Waals surface area (Å²) in [6.07, 6.45) is -5.03. The normalized spacial score (nSPS) is 13.5. The second-order valence-electron chi connectivity index (χ2n) is 3.86. The average Bonchev–Trinajstić information content (AvgIpc) is 2.24. The molecular weight excluding hydrogens is 231 g/mol. The van der Waals surface area contributed by atoms with Crippen LogP contribution in [0.15, 0.2) is 24.3 Å². The third-order valence-corrected chi connectivity index (χ3v) is 2.48. The number of aliphatic hydroxyl groups is 1. The zero-order valence-electron chi connectivity index (χ0n) is 9.83. The van der Waals surface area contributed by atoms with Gasteiger partial charge in [-0.15, -0.1) is 0 Å². The van der Waals surface area contributed by atoms with E-state index in [1.54, 1.807) is 38.1 Å². The Morgan fingerprint density at radius 3 is 2.35 bits per heavy atom. The molecular formula is C12H16F3NO. The second-order valence-corrected chi connectivity index (χ2v) is 3.86. The van der Waals surface area contributed by atoms with E-state index >= 15 is 0 Å². The van der Waals surface area contributed by atoms with Gasteiger partial charge in [-0.3, -0.25) is 0 Å². The molecule has 0 aliphatic rings. The zero-order chi connectivity index (χ0) is 13.1. The lowest BCUT2D eigenvalue weighted by Crippen LogP contribution is -2.34. The highest BCUT2D eigenvalue weighted by Gasteiger charge is 2.31. The third kappa shape index (κ3) is 3.93. The minimum Gasteiger partial charge on any atom is -0.389 e. The lowest BCUT2D eigenvalue weighted by atomic mass is 10.1. The maximum absolute atomic E-state index is 12.4. The first kappa shape index (κ1) is 13.8. The summed E-state index contributed by atoms with van der Waals surface area (Å²) in [5.74, 6) is 0. The van der Waals surface area contributed by atoms with Gasteiger partial charge in [-0.2, -0.15) is 13.2 Å². The van der Waals surface area contributed by atoms with Crippen LogP contribution in [0, 0.1) is 0 Å². The van der Waals surface area contributed by atoms with Gasteiger partial charge in [0.15, 0.2) is 0 Å². The molecule has 1 unspecified atom stereocenters. The number of aliphatic hydroxyl groups excluding tert-OH is 1. The van der Waals surface area contributed by atoms with Gasteiger partial charge >= 0.3 is 6.18 Å². The number of hydrogen-bond donors (Lipinski definition) is 1. The molecule has 0 spiro atoms. The highest BCUT2D eigenvalue weighted by Crippen LogP contribution is 2.28. The molecule has 0 aromatic heterocycles. The van der Waals surface area contributed by atoms with E-state index in [0.29, 0.717) is 11.3 Å². The van der Waals surface area contributed by atoms with Gasteiger partial charge in [-0.05, 0) is 19.9 Å². The van der Waals surface area contributed by atoms with Crippen molar-refractivity contribution in [1.82, 2.24) is 0 Å². The molecule has 0 bridgehead atoms. The van der Waals surface area contributed by atoms with E-state index in [1.807, 2.05) is 0 Å². The summed E-state index contributed by atoms with van der Waals surface area (Å²) < 4.78 is 37.2. The largest absolute Gasteiger partial charge is 0.405 e. The molecule has 1 aromatic carbocycles. The second kappa shape index (κ2) is 5.40. The fourth-order valence-electron chi connectivity index (χ4n) is 1.71. The molecule has 96 valence electrons. The lowest BCUT2D eigenvalue weighted by Gasteiger charge is -2.27. The number of anilines is 1. The van der Waals surface area contributed by atoms with Crippen LogP contribution in [0.1, 0.15) is 25.5 Å². The van der Waals surface area contributed by atoms with Crippen molar-refractivity contribution in [2.45, 2.75) is 26.1 Å². The van der Waals surface area contributed by atoms with Gasteiger partial charge < -0.3 is 10.0 Å². The summed E-state index contributed by atoms with van der Waals surface area (Å²) in [6, 6.07) is 6.60. The number of alkyl halides is 3. The predicted octanol–water partition coefficient (Wildman–Crippen LogP) is 3.13. The van der Waals surface area contributed by atoms with Crippen LogP contribution in [0.5, 0.6) is 0 Å². The minimum absolute atomic E-state index is 0.239. The predicted molar refractivity (Wildman–Crippen MR) is 61.0 cm³/mol. The highest BCUT2D eigenvalue weighted by molar-refractivity contribution is 5.54. The number of para-hydroxylation sites is 1. The molecule has 0 aliphatic carbocycles. The van der Waals surface area contributed by atoms with E-state index in [2.05, 4.69) is 0 Å². The molecule has 0 fully saturated rings. The van der Waals surface area contributed by atoms with Crippen LogP contribution in [0.2, 0.25) is 0 Å². The van der Waals surface area contributed by atoms with Crippen molar-refractivity contribution < 1.29 is 18.3 Å². The third-order valence-electron chi connectivity index (χ3n) is 2.48. The zero-order valence-corrected chi connectivity index (χ0v) is 9.83. The summed E-state index contributed by atoms with van der Waals surface area (Å²) in [5.41, 5.74) is 0.945. The Morgan fingerprint density at radius 2 is 1.88 bits per heavy atom. The van der Waals surface area contributed by atoms with E-state index in [0.717, 1.165) is 0 Å². The number of halogens is 3. The maximum atomic E-state index is 12.4. The molecule has 0 amide bonds. The molecule has 17 heavy (non-hydrogen) atoms. The standard InChI is InChI=1S/C12H16F3NO/c1-3-16(8-12(13,14)15)11-7-5-4-6-10(11)9(2)17/h4-7,9,17H,3,8H2,1-2H3. The molecule has 1 rings (SSSR count). The van der Waals surface area contributed by atoms with Crippen molar-refractivity contribution in [2.75, 3.05) is 18.0 Å². The fourth-order valence-corrected chi connectivity index (χ4v) is 1.71. The number of nitrogens with zero attached hydrogens (tertiary/aromatic N) is 1. The number of benzene rings is 1. The van der Waals surface area contributed by atoms with Gasteiger partial charge in [-0.1, -0.05) is 18.2 Å². The van der Waals surface area contributed by atoms with E-state index in [9.17, 15) is 18.3 Å². The molecule has 0 saturated heterocycles. The SMILES string of the molecule is CCN(CC(F)(F)F)c1ccccc1C(C)O. The Labute approximate surface area is 98.7 Å². The summed E-state index contributed by atoms with van der Waals surface area (Å²) in [5, 5.41) is 9.54. The molecule has 0 heterocycles. The van der Waals surface area contributed by atoms with E-state index in [-0.39, 0.29) is 6.54 Å². The van der Waals surface area contributed by atoms with Crippen LogP contribution in [-0.4, -0.2) is 24.4 Å². The van der Waals surface area contributed by atoms with E-state index < -0.39 is 18.8 Å². The summed E-state index contributed by atoms with van der Waals surface area (Å²) in [7, 11) is 0. The van der Waals surface area contributed by atoms with E-state index in [1.165, 1.54) is 4.90 Å². The van der Waals surface area contributed by atoms with Crippen LogP contribution in [0.3, 0.4) is 0 Å². The van der Waals surface area contributed by atoms with Crippen molar-refractivity contribution in [3.63, 3.8) is 0 Å². The summed E-state index contributed by atoms with van der Waals surface area (Å²) in [6.45, 7) is 2.43. The molecule has 0 saturated carbocycles. The summed E-state index contributed by atoms with van der Waals surface area (Å²) >= 11 is 0. The molecule has 0 aliphatic heterocycles. The molecule has 1 aromatic rings. The minimum atomic E-state index is -4.25. The number of rotatable bonds is 4. The van der Waals surface area contributed by atoms with Crippen molar-refractivity contribution in [1.29, 1.82) is 0 Å². The lowest BCUT2D eigenvalue weighted by molar-refractivity contribution is -0.119. The average molecular weight is 247 g/mol. The first-order chi connectivity index (χ1) is 7.85. The van der Waals surface area contributed by atoms with Crippen LogP contribution < -0.4 is 4.90 Å². The maximum Gasteiger partial charge on any atom is 0.405 e. The Balaban J connectivity index is 3.03. The quantitative estimate of drug-likeness (QED) is 0.883. The highest BCUT2D eigenvalue weighted by atomic mass is 19.4. The Hall–Kier alpha value is -1.23. The van der Waals surface area contributed by atoms with Crippen molar-refractivity contribution in [3.05, 3.63) is 29.8 Å². The van der Waals surface area contributed by atoms with E-state index in [4.69, 9.17) is 0 Å². The van der Waals surface area contributed by atoms with Gasteiger partial charge in [-0.25, -0.2) is 0 Å². The monoisotopic (exact) mass is 247 g/mol. The Bertz CT molecular complexity index is 363. The number of hydrogen-bond acceptors (Lipinski definition) is 2. The van der Waals surface area contributed by atoms with Crippen LogP contribution in [0.4, 0.5) is 18.9 Å². The van der Waals surface area contributed by atoms with Gasteiger partial charge in [0.05, 0.1) is 6.10 Å². The Morgan fingerprint density at radius 1 is 1.29 bits per heavy atom. The first-order valence-electron chi connectivity index (χ1n) is 5.44. The molecule has 5 heteroatoms. The van der Waals surface area contributed by atoms with Crippen LogP contribution in [0.25, 0.3) is 0 Å².